The summed E-state index contributed by atoms with van der Waals surface area (Å²) in [7, 11) is 1.87. The number of aryl methyl sites for hydroxylation is 2. The van der Waals surface area contributed by atoms with Crippen LogP contribution < -0.4 is 5.32 Å². The molecule has 0 aromatic carbocycles. The Hall–Kier alpha value is -1.95. The molecule has 0 bridgehead atoms. The van der Waals surface area contributed by atoms with Crippen molar-refractivity contribution >= 4 is 16.9 Å². The second-order valence-corrected chi connectivity index (χ2v) is 7.60. The Morgan fingerprint density at radius 3 is 2.76 bits per heavy atom. The molecule has 2 aromatic rings. The van der Waals surface area contributed by atoms with Crippen molar-refractivity contribution in [1.29, 1.82) is 0 Å². The fraction of sp³-hybridized carbons (Fsp3) is 0.632. The van der Waals surface area contributed by atoms with Crippen LogP contribution in [0.1, 0.15) is 66.2 Å². The summed E-state index contributed by atoms with van der Waals surface area (Å²) in [5, 5.41) is 18.5. The molecule has 134 valence electrons. The van der Waals surface area contributed by atoms with E-state index >= 15 is 0 Å². The molecule has 1 amide bonds. The lowest BCUT2D eigenvalue weighted by atomic mass is 10.0. The van der Waals surface area contributed by atoms with Gasteiger partial charge in [0.05, 0.1) is 22.7 Å². The number of aliphatic hydroxyl groups excluding tert-OH is 1. The number of amides is 1. The largest absolute Gasteiger partial charge is 0.391 e. The summed E-state index contributed by atoms with van der Waals surface area (Å²) >= 11 is 0. The molecular weight excluding hydrogens is 316 g/mol. The van der Waals surface area contributed by atoms with Crippen molar-refractivity contribution in [2.75, 3.05) is 6.54 Å². The smallest absolute Gasteiger partial charge is 0.252 e. The van der Waals surface area contributed by atoms with Crippen molar-refractivity contribution in [2.24, 2.45) is 13.0 Å². The Balaban J connectivity index is 1.59. The second-order valence-electron chi connectivity index (χ2n) is 7.60. The summed E-state index contributed by atoms with van der Waals surface area (Å²) in [6, 6.07) is 1.92. The highest BCUT2D eigenvalue weighted by Gasteiger charge is 2.29. The topological polar surface area (TPSA) is 80.0 Å². The van der Waals surface area contributed by atoms with Gasteiger partial charge in [-0.05, 0) is 44.6 Å². The van der Waals surface area contributed by atoms with Gasteiger partial charge in [-0.15, -0.1) is 0 Å². The number of hydrogen-bond donors (Lipinski definition) is 2. The maximum absolute atomic E-state index is 12.8. The lowest BCUT2D eigenvalue weighted by molar-refractivity contribution is 0.0842. The van der Waals surface area contributed by atoms with Gasteiger partial charge in [-0.3, -0.25) is 9.48 Å². The first-order valence-corrected chi connectivity index (χ1v) is 9.35. The zero-order valence-corrected chi connectivity index (χ0v) is 15.0. The van der Waals surface area contributed by atoms with Crippen LogP contribution in [0.3, 0.4) is 0 Å². The number of carbonyl (C=O) groups excluding carboxylic acids is 1. The van der Waals surface area contributed by atoms with Gasteiger partial charge in [-0.2, -0.15) is 5.10 Å². The minimum absolute atomic E-state index is 0.137. The monoisotopic (exact) mass is 342 g/mol. The minimum atomic E-state index is -0.457. The van der Waals surface area contributed by atoms with Crippen LogP contribution in [0.5, 0.6) is 0 Å². The third-order valence-electron chi connectivity index (χ3n) is 5.64. The Morgan fingerprint density at radius 2 is 2.08 bits per heavy atom. The van der Waals surface area contributed by atoms with E-state index in [0.29, 0.717) is 23.9 Å². The molecular formula is C19H26N4O2. The van der Waals surface area contributed by atoms with Crippen molar-refractivity contribution in [1.82, 2.24) is 20.1 Å². The first-order chi connectivity index (χ1) is 12.0. The molecule has 2 aliphatic rings. The Kier molecular flexibility index (Phi) is 4.23. The minimum Gasteiger partial charge on any atom is -0.391 e. The van der Waals surface area contributed by atoms with Crippen molar-refractivity contribution in [3.05, 3.63) is 23.0 Å². The Labute approximate surface area is 147 Å². The quantitative estimate of drug-likeness (QED) is 0.874. The molecule has 2 fully saturated rings. The number of nitrogens with zero attached hydrogens (tertiary/aromatic N) is 3. The zero-order valence-electron chi connectivity index (χ0n) is 15.0. The highest BCUT2D eigenvalue weighted by atomic mass is 16.3. The van der Waals surface area contributed by atoms with Crippen LogP contribution >= 0.6 is 0 Å². The van der Waals surface area contributed by atoms with Gasteiger partial charge >= 0.3 is 0 Å². The average molecular weight is 342 g/mol. The van der Waals surface area contributed by atoms with Gasteiger partial charge in [-0.1, -0.05) is 12.8 Å². The van der Waals surface area contributed by atoms with E-state index in [1.54, 1.807) is 4.68 Å². The molecule has 1 unspecified atom stereocenters. The maximum atomic E-state index is 12.8. The summed E-state index contributed by atoms with van der Waals surface area (Å²) in [6.07, 6.45) is 6.30. The SMILES string of the molecule is Cc1nn(C)c2nc(C3CC3)cc(C(=O)NCC(O)C3CCCC3)c12. The van der Waals surface area contributed by atoms with E-state index in [0.717, 1.165) is 48.1 Å². The molecule has 2 aromatic heterocycles. The van der Waals surface area contributed by atoms with Crippen LogP contribution in [0.15, 0.2) is 6.07 Å². The first kappa shape index (κ1) is 16.5. The molecule has 1 atom stereocenters. The summed E-state index contributed by atoms with van der Waals surface area (Å²) in [6.45, 7) is 2.22. The molecule has 2 N–H and O–H groups in total. The molecule has 6 nitrogen and oxygen atoms in total. The number of hydrogen-bond acceptors (Lipinski definition) is 4. The molecule has 25 heavy (non-hydrogen) atoms. The van der Waals surface area contributed by atoms with E-state index in [2.05, 4.69) is 10.4 Å². The van der Waals surface area contributed by atoms with Gasteiger partial charge in [0.15, 0.2) is 5.65 Å². The molecule has 0 aliphatic heterocycles. The van der Waals surface area contributed by atoms with Gasteiger partial charge in [0, 0.05) is 25.2 Å². The first-order valence-electron chi connectivity index (χ1n) is 9.35. The third-order valence-corrected chi connectivity index (χ3v) is 5.64. The fourth-order valence-corrected chi connectivity index (χ4v) is 4.03. The normalized spacial score (nSPS) is 19.5. The number of fused-ring (bicyclic) bond motifs is 1. The van der Waals surface area contributed by atoms with E-state index in [1.165, 1.54) is 12.8 Å². The van der Waals surface area contributed by atoms with E-state index in [-0.39, 0.29) is 5.91 Å². The number of aliphatic hydroxyl groups is 1. The summed E-state index contributed by atoms with van der Waals surface area (Å²) in [5.41, 5.74) is 3.20. The molecule has 2 heterocycles. The third kappa shape index (κ3) is 3.15. The summed E-state index contributed by atoms with van der Waals surface area (Å²) in [4.78, 5) is 17.6. The van der Waals surface area contributed by atoms with Crippen molar-refractivity contribution in [3.63, 3.8) is 0 Å². The number of aromatic nitrogens is 3. The van der Waals surface area contributed by atoms with Crippen LogP contribution in [0, 0.1) is 12.8 Å². The lowest BCUT2D eigenvalue weighted by Crippen LogP contribution is -2.35. The average Bonchev–Trinajstić information content (AvgIpc) is 3.23. The standard InChI is InChI=1S/C19H26N4O2/c1-11-17-14(19(25)20-10-16(24)13-5-3-4-6-13)9-15(12-7-8-12)21-18(17)23(2)22-11/h9,12-13,16,24H,3-8,10H2,1-2H3,(H,20,25). The highest BCUT2D eigenvalue weighted by Crippen LogP contribution is 2.40. The van der Waals surface area contributed by atoms with Crippen molar-refractivity contribution in [3.8, 4) is 0 Å². The number of pyridine rings is 1. The predicted molar refractivity (Wildman–Crippen MR) is 95.5 cm³/mol. The molecule has 0 radical (unpaired) electrons. The van der Waals surface area contributed by atoms with Gasteiger partial charge in [0.25, 0.3) is 5.91 Å². The molecule has 6 heteroatoms. The fourth-order valence-electron chi connectivity index (χ4n) is 4.03. The number of rotatable bonds is 5. The van der Waals surface area contributed by atoms with Crippen LogP contribution in [-0.4, -0.2) is 38.4 Å². The second kappa shape index (κ2) is 6.41. The highest BCUT2D eigenvalue weighted by molar-refractivity contribution is 6.06. The van der Waals surface area contributed by atoms with Gasteiger partial charge in [0.1, 0.15) is 0 Å². The zero-order chi connectivity index (χ0) is 17.6. The number of nitrogens with one attached hydrogen (secondary N) is 1. The molecule has 0 spiro atoms. The Bertz CT molecular complexity index is 803. The van der Waals surface area contributed by atoms with E-state index in [9.17, 15) is 9.90 Å². The lowest BCUT2D eigenvalue weighted by Gasteiger charge is -2.18. The van der Waals surface area contributed by atoms with Gasteiger partial charge in [0.2, 0.25) is 0 Å². The summed E-state index contributed by atoms with van der Waals surface area (Å²) in [5.74, 6) is 0.651. The van der Waals surface area contributed by atoms with Gasteiger partial charge < -0.3 is 10.4 Å². The van der Waals surface area contributed by atoms with Crippen LogP contribution in [0.2, 0.25) is 0 Å². The van der Waals surface area contributed by atoms with Crippen molar-refractivity contribution < 1.29 is 9.90 Å². The maximum Gasteiger partial charge on any atom is 0.252 e. The van der Waals surface area contributed by atoms with Crippen LogP contribution in [-0.2, 0) is 7.05 Å². The van der Waals surface area contributed by atoms with E-state index in [4.69, 9.17) is 4.98 Å². The van der Waals surface area contributed by atoms with Crippen molar-refractivity contribution in [2.45, 2.75) is 57.5 Å². The van der Waals surface area contributed by atoms with Gasteiger partial charge in [-0.25, -0.2) is 4.98 Å². The van der Waals surface area contributed by atoms with E-state index < -0.39 is 6.10 Å². The van der Waals surface area contributed by atoms with E-state index in [1.807, 2.05) is 20.0 Å². The molecule has 2 aliphatic carbocycles. The Morgan fingerprint density at radius 1 is 1.36 bits per heavy atom. The van der Waals surface area contributed by atoms with Crippen LogP contribution in [0.4, 0.5) is 0 Å². The number of carbonyl (C=O) groups is 1. The predicted octanol–water partition coefficient (Wildman–Crippen LogP) is 2.44. The molecule has 0 saturated heterocycles. The molecule has 2 saturated carbocycles. The molecule has 4 rings (SSSR count). The van der Waals surface area contributed by atoms with Crippen LogP contribution in [0.25, 0.3) is 11.0 Å². The summed E-state index contributed by atoms with van der Waals surface area (Å²) < 4.78 is 1.75.